The molecule has 0 amide bonds. The molecule has 0 saturated carbocycles. The average Bonchev–Trinajstić information content (AvgIpc) is 2.79. The summed E-state index contributed by atoms with van der Waals surface area (Å²) in [5, 5.41) is 0. The number of hydrogen-bond acceptors (Lipinski definition) is 2. The van der Waals surface area contributed by atoms with E-state index in [1.54, 1.807) is 7.11 Å². The minimum Gasteiger partial charge on any atom is -0.497 e. The Morgan fingerprint density at radius 1 is 1.50 bits per heavy atom. The molecule has 0 spiro atoms. The molecule has 2 unspecified atom stereocenters. The summed E-state index contributed by atoms with van der Waals surface area (Å²) < 4.78 is 10.6. The van der Waals surface area contributed by atoms with E-state index in [0.717, 1.165) is 12.2 Å². The van der Waals surface area contributed by atoms with Crippen molar-refractivity contribution < 1.29 is 9.47 Å². The van der Waals surface area contributed by atoms with Crippen LogP contribution in [-0.2, 0) is 11.2 Å². The maximum absolute atomic E-state index is 5.42. The molecule has 1 fully saturated rings. The number of hydrogen-bond donors (Lipinski definition) is 0. The molecule has 0 radical (unpaired) electrons. The predicted molar refractivity (Wildman–Crippen MR) is 44.3 cm³/mol. The van der Waals surface area contributed by atoms with Gasteiger partial charge in [-0.05, 0) is 23.3 Å². The van der Waals surface area contributed by atoms with Crippen LogP contribution in [0.2, 0.25) is 0 Å². The fourth-order valence-corrected chi connectivity index (χ4v) is 1.94. The molecule has 2 heteroatoms. The van der Waals surface area contributed by atoms with Gasteiger partial charge in [-0.25, -0.2) is 0 Å². The van der Waals surface area contributed by atoms with Gasteiger partial charge in [-0.1, -0.05) is 6.07 Å². The Morgan fingerprint density at radius 3 is 3.25 bits per heavy atom. The highest BCUT2D eigenvalue weighted by Gasteiger charge is 2.47. The van der Waals surface area contributed by atoms with Crippen molar-refractivity contribution in [2.24, 2.45) is 0 Å². The first-order valence-corrected chi connectivity index (χ1v) is 4.21. The zero-order valence-electron chi connectivity index (χ0n) is 6.91. The molecule has 1 saturated heterocycles. The quantitative estimate of drug-likeness (QED) is 0.586. The van der Waals surface area contributed by atoms with E-state index < -0.39 is 0 Å². The van der Waals surface area contributed by atoms with Gasteiger partial charge < -0.3 is 9.47 Å². The second-order valence-electron chi connectivity index (χ2n) is 3.36. The zero-order chi connectivity index (χ0) is 8.13. The van der Waals surface area contributed by atoms with Gasteiger partial charge in [0.2, 0.25) is 0 Å². The Labute approximate surface area is 71.1 Å². The van der Waals surface area contributed by atoms with E-state index >= 15 is 0 Å². The van der Waals surface area contributed by atoms with Crippen molar-refractivity contribution in [3.63, 3.8) is 0 Å². The highest BCUT2D eigenvalue weighted by atomic mass is 16.6. The number of ether oxygens (including phenoxy) is 2. The minimum absolute atomic E-state index is 0.384. The lowest BCUT2D eigenvalue weighted by molar-refractivity contribution is 0.359. The van der Waals surface area contributed by atoms with Crippen molar-refractivity contribution >= 4 is 0 Å². The van der Waals surface area contributed by atoms with Crippen molar-refractivity contribution in [2.75, 3.05) is 7.11 Å². The lowest BCUT2D eigenvalue weighted by Crippen LogP contribution is -1.90. The lowest BCUT2D eigenvalue weighted by Gasteiger charge is -2.04. The van der Waals surface area contributed by atoms with Crippen LogP contribution in [0.15, 0.2) is 18.2 Å². The molecule has 0 bridgehead atoms. The smallest absolute Gasteiger partial charge is 0.119 e. The van der Waals surface area contributed by atoms with E-state index in [0.29, 0.717) is 12.2 Å². The summed E-state index contributed by atoms with van der Waals surface area (Å²) in [5.41, 5.74) is 2.76. The highest BCUT2D eigenvalue weighted by Crippen LogP contribution is 2.49. The monoisotopic (exact) mass is 162 g/mol. The number of fused-ring (bicyclic) bond motifs is 3. The fourth-order valence-electron chi connectivity index (χ4n) is 1.94. The molecular formula is C10H10O2. The zero-order valence-corrected chi connectivity index (χ0v) is 6.91. The highest BCUT2D eigenvalue weighted by molar-refractivity contribution is 5.44. The Kier molecular flexibility index (Phi) is 1.09. The van der Waals surface area contributed by atoms with Gasteiger partial charge in [-0.3, -0.25) is 0 Å². The molecule has 62 valence electrons. The first-order valence-electron chi connectivity index (χ1n) is 4.21. The molecule has 2 nitrogen and oxygen atoms in total. The number of epoxide rings is 1. The van der Waals surface area contributed by atoms with E-state index in [9.17, 15) is 0 Å². The summed E-state index contributed by atoms with van der Waals surface area (Å²) >= 11 is 0. The van der Waals surface area contributed by atoms with Crippen molar-refractivity contribution in [1.82, 2.24) is 0 Å². The summed E-state index contributed by atoms with van der Waals surface area (Å²) in [4.78, 5) is 0. The summed E-state index contributed by atoms with van der Waals surface area (Å²) in [6.45, 7) is 0. The standard InChI is InChI=1S/C10H10O2/c1-11-7-3-2-6-4-9-10(12-9)8(6)5-7/h2-3,5,9-10H,4H2,1H3. The van der Waals surface area contributed by atoms with Crippen LogP contribution in [-0.4, -0.2) is 13.2 Å². The third kappa shape index (κ3) is 0.730. The number of methoxy groups -OCH3 is 1. The van der Waals surface area contributed by atoms with Gasteiger partial charge in [-0.15, -0.1) is 0 Å². The largest absolute Gasteiger partial charge is 0.497 e. The van der Waals surface area contributed by atoms with E-state index in [2.05, 4.69) is 12.1 Å². The molecule has 2 atom stereocenters. The molecule has 1 aliphatic heterocycles. The van der Waals surface area contributed by atoms with Gasteiger partial charge in [0.1, 0.15) is 11.9 Å². The molecule has 3 rings (SSSR count). The van der Waals surface area contributed by atoms with Crippen LogP contribution in [0.4, 0.5) is 0 Å². The summed E-state index contributed by atoms with van der Waals surface area (Å²) in [7, 11) is 1.70. The van der Waals surface area contributed by atoms with E-state index in [4.69, 9.17) is 9.47 Å². The van der Waals surface area contributed by atoms with Crippen molar-refractivity contribution in [3.8, 4) is 5.75 Å². The first-order chi connectivity index (χ1) is 5.88. The van der Waals surface area contributed by atoms with E-state index in [-0.39, 0.29) is 0 Å². The molecule has 1 aromatic rings. The van der Waals surface area contributed by atoms with Crippen molar-refractivity contribution in [1.29, 1.82) is 0 Å². The Morgan fingerprint density at radius 2 is 2.42 bits per heavy atom. The van der Waals surface area contributed by atoms with Gasteiger partial charge in [0.05, 0.1) is 13.2 Å². The Hall–Kier alpha value is -1.02. The minimum atomic E-state index is 0.384. The first kappa shape index (κ1) is 6.49. The Bertz CT molecular complexity index is 333. The maximum atomic E-state index is 5.42. The second-order valence-corrected chi connectivity index (χ2v) is 3.36. The third-order valence-corrected chi connectivity index (χ3v) is 2.66. The fraction of sp³-hybridized carbons (Fsp3) is 0.400. The summed E-state index contributed by atoms with van der Waals surface area (Å²) in [5.74, 6) is 0.935. The lowest BCUT2D eigenvalue weighted by atomic mass is 10.1. The van der Waals surface area contributed by atoms with Crippen LogP contribution in [0.3, 0.4) is 0 Å². The van der Waals surface area contributed by atoms with Crippen LogP contribution in [0.5, 0.6) is 5.75 Å². The SMILES string of the molecule is COc1ccc2c(c1)C1OC1C2. The number of benzene rings is 1. The van der Waals surface area contributed by atoms with Gasteiger partial charge in [0, 0.05) is 6.42 Å². The van der Waals surface area contributed by atoms with E-state index in [1.807, 2.05) is 6.07 Å². The second kappa shape index (κ2) is 2.02. The van der Waals surface area contributed by atoms with Crippen molar-refractivity contribution in [2.45, 2.75) is 18.6 Å². The molecule has 0 aromatic heterocycles. The molecular weight excluding hydrogens is 152 g/mol. The normalized spacial score (nSPS) is 29.4. The van der Waals surface area contributed by atoms with Crippen LogP contribution in [0, 0.1) is 0 Å². The van der Waals surface area contributed by atoms with Crippen molar-refractivity contribution in [3.05, 3.63) is 29.3 Å². The molecule has 1 aromatic carbocycles. The van der Waals surface area contributed by atoms with Gasteiger partial charge in [0.25, 0.3) is 0 Å². The molecule has 12 heavy (non-hydrogen) atoms. The maximum Gasteiger partial charge on any atom is 0.119 e. The van der Waals surface area contributed by atoms with Crippen LogP contribution in [0.1, 0.15) is 17.2 Å². The summed E-state index contributed by atoms with van der Waals surface area (Å²) in [6, 6.07) is 6.25. The molecule has 1 heterocycles. The van der Waals surface area contributed by atoms with E-state index in [1.165, 1.54) is 11.1 Å². The molecule has 1 aliphatic carbocycles. The van der Waals surface area contributed by atoms with Crippen LogP contribution < -0.4 is 4.74 Å². The third-order valence-electron chi connectivity index (χ3n) is 2.66. The predicted octanol–water partition coefficient (Wildman–Crippen LogP) is 1.69. The van der Waals surface area contributed by atoms with Gasteiger partial charge in [-0.2, -0.15) is 0 Å². The Balaban J connectivity index is 2.09. The summed E-state index contributed by atoms with van der Waals surface area (Å²) in [6.07, 6.45) is 1.95. The van der Waals surface area contributed by atoms with Gasteiger partial charge in [0.15, 0.2) is 0 Å². The molecule has 0 N–H and O–H groups in total. The van der Waals surface area contributed by atoms with Crippen LogP contribution in [0.25, 0.3) is 0 Å². The average molecular weight is 162 g/mol. The number of rotatable bonds is 1. The van der Waals surface area contributed by atoms with Gasteiger partial charge >= 0.3 is 0 Å². The molecule has 2 aliphatic rings. The van der Waals surface area contributed by atoms with Crippen LogP contribution >= 0.6 is 0 Å². The topological polar surface area (TPSA) is 21.8 Å².